The minimum Gasteiger partial charge on any atom is -0.0802 e. The number of benzene rings is 2. The van der Waals surface area contributed by atoms with Crippen LogP contribution < -0.4 is 0 Å². The molecule has 1 saturated carbocycles. The minimum atomic E-state index is 0.282. The lowest BCUT2D eigenvalue weighted by Gasteiger charge is -2.15. The number of rotatable bonds is 3. The van der Waals surface area contributed by atoms with E-state index in [1.54, 1.807) is 0 Å². The van der Waals surface area contributed by atoms with Gasteiger partial charge in [0.1, 0.15) is 0 Å². The molecule has 0 bridgehead atoms. The normalized spacial score (nSPS) is 25.5. The second-order valence-electron chi connectivity index (χ2n) is 7.46. The van der Waals surface area contributed by atoms with Crippen LogP contribution in [0.2, 0.25) is 0 Å². The topological polar surface area (TPSA) is 0 Å². The van der Waals surface area contributed by atoms with Crippen LogP contribution in [0.4, 0.5) is 0 Å². The summed E-state index contributed by atoms with van der Waals surface area (Å²) in [6, 6.07) is 18.1. The molecule has 1 fully saturated rings. The Balaban J connectivity index is 1.38. The van der Waals surface area contributed by atoms with Gasteiger partial charge in [0, 0.05) is 5.41 Å². The highest BCUT2D eigenvalue weighted by Crippen LogP contribution is 2.57. The standard InChI is InChI=1S/C26H22/c1-2-4-8-20(7-3-1)21-10-12-22(13-11-21)23-14-16-24(17-15-23)26-18-6-5-9-25(26)19-26/h1-7,9-18,25H,8,19H2. The Bertz CT molecular complexity index is 962. The monoisotopic (exact) mass is 334 g/mol. The highest BCUT2D eigenvalue weighted by molar-refractivity contribution is 5.72. The fourth-order valence-corrected chi connectivity index (χ4v) is 4.23. The first-order valence-electron chi connectivity index (χ1n) is 9.45. The lowest BCUT2D eigenvalue weighted by molar-refractivity contribution is 0.817. The van der Waals surface area contributed by atoms with Gasteiger partial charge in [0.2, 0.25) is 0 Å². The van der Waals surface area contributed by atoms with Crippen molar-refractivity contribution in [1.29, 1.82) is 0 Å². The quantitative estimate of drug-likeness (QED) is 0.590. The average molecular weight is 334 g/mol. The molecule has 0 N–H and O–H groups in total. The zero-order valence-electron chi connectivity index (χ0n) is 14.8. The van der Waals surface area contributed by atoms with Crippen LogP contribution in [0.3, 0.4) is 0 Å². The van der Waals surface area contributed by atoms with E-state index in [0.717, 1.165) is 6.42 Å². The van der Waals surface area contributed by atoms with Crippen molar-refractivity contribution < 1.29 is 0 Å². The van der Waals surface area contributed by atoms with Crippen molar-refractivity contribution in [2.45, 2.75) is 18.3 Å². The van der Waals surface area contributed by atoms with E-state index in [9.17, 15) is 0 Å². The highest BCUT2D eigenvalue weighted by atomic mass is 14.5. The number of allylic oxidation sites excluding steroid dienone is 10. The summed E-state index contributed by atoms with van der Waals surface area (Å²) in [6.07, 6.45) is 22.1. The van der Waals surface area contributed by atoms with Gasteiger partial charge in [-0.15, -0.1) is 0 Å². The fraction of sp³-hybridized carbons (Fsp3) is 0.154. The van der Waals surface area contributed by atoms with E-state index >= 15 is 0 Å². The second-order valence-corrected chi connectivity index (χ2v) is 7.46. The summed E-state index contributed by atoms with van der Waals surface area (Å²) in [5, 5.41) is 0. The molecule has 3 aliphatic carbocycles. The van der Waals surface area contributed by atoms with Crippen LogP contribution in [0.5, 0.6) is 0 Å². The smallest absolute Gasteiger partial charge is 0.0204 e. The molecule has 0 heteroatoms. The van der Waals surface area contributed by atoms with Gasteiger partial charge >= 0.3 is 0 Å². The van der Waals surface area contributed by atoms with Crippen molar-refractivity contribution in [1.82, 2.24) is 0 Å². The van der Waals surface area contributed by atoms with Crippen molar-refractivity contribution in [3.63, 3.8) is 0 Å². The maximum Gasteiger partial charge on any atom is 0.0204 e. The minimum absolute atomic E-state index is 0.282. The molecule has 0 saturated heterocycles. The molecule has 0 aromatic heterocycles. The third-order valence-electron chi connectivity index (χ3n) is 5.91. The van der Waals surface area contributed by atoms with Gasteiger partial charge in [-0.25, -0.2) is 0 Å². The zero-order valence-corrected chi connectivity index (χ0v) is 14.8. The molecular weight excluding hydrogens is 312 g/mol. The third kappa shape index (κ3) is 2.63. The first-order valence-corrected chi connectivity index (χ1v) is 9.45. The maximum atomic E-state index is 2.38. The molecule has 0 aliphatic heterocycles. The Hall–Kier alpha value is -2.86. The molecule has 0 spiro atoms. The molecule has 0 heterocycles. The van der Waals surface area contributed by atoms with Crippen molar-refractivity contribution in [3.05, 3.63) is 114 Å². The van der Waals surface area contributed by atoms with Crippen LogP contribution in [-0.2, 0) is 5.41 Å². The van der Waals surface area contributed by atoms with Crippen LogP contribution >= 0.6 is 0 Å². The summed E-state index contributed by atoms with van der Waals surface area (Å²) in [5.41, 5.74) is 6.98. The Labute approximate surface area is 155 Å². The van der Waals surface area contributed by atoms with Gasteiger partial charge in [-0.2, -0.15) is 0 Å². The van der Waals surface area contributed by atoms with Gasteiger partial charge in [0.15, 0.2) is 0 Å². The van der Waals surface area contributed by atoms with E-state index in [1.165, 1.54) is 34.2 Å². The van der Waals surface area contributed by atoms with Gasteiger partial charge in [-0.1, -0.05) is 103 Å². The summed E-state index contributed by atoms with van der Waals surface area (Å²) in [5.74, 6) is 0.702. The molecule has 126 valence electrons. The Morgan fingerprint density at radius 3 is 2.19 bits per heavy atom. The predicted molar refractivity (Wildman–Crippen MR) is 111 cm³/mol. The van der Waals surface area contributed by atoms with Gasteiger partial charge in [-0.05, 0) is 46.6 Å². The predicted octanol–water partition coefficient (Wildman–Crippen LogP) is 6.64. The summed E-state index contributed by atoms with van der Waals surface area (Å²) in [7, 11) is 0. The number of hydrogen-bond donors (Lipinski definition) is 0. The van der Waals surface area contributed by atoms with Crippen molar-refractivity contribution in [2.24, 2.45) is 5.92 Å². The van der Waals surface area contributed by atoms with Crippen LogP contribution in [-0.4, -0.2) is 0 Å². The molecule has 26 heavy (non-hydrogen) atoms. The van der Waals surface area contributed by atoms with Crippen LogP contribution in [0.1, 0.15) is 24.0 Å². The summed E-state index contributed by atoms with van der Waals surface area (Å²) in [6.45, 7) is 0. The fourth-order valence-electron chi connectivity index (χ4n) is 4.23. The van der Waals surface area contributed by atoms with E-state index in [2.05, 4.69) is 103 Å². The zero-order chi connectivity index (χ0) is 17.4. The Morgan fingerprint density at radius 1 is 0.692 bits per heavy atom. The Kier molecular flexibility index (Phi) is 3.64. The maximum absolute atomic E-state index is 2.38. The molecule has 0 radical (unpaired) electrons. The Morgan fingerprint density at radius 2 is 1.42 bits per heavy atom. The molecule has 2 aromatic carbocycles. The van der Waals surface area contributed by atoms with Gasteiger partial charge < -0.3 is 0 Å². The first kappa shape index (κ1) is 15.4. The van der Waals surface area contributed by atoms with Gasteiger partial charge in [-0.3, -0.25) is 0 Å². The van der Waals surface area contributed by atoms with Crippen molar-refractivity contribution >= 4 is 5.57 Å². The highest BCUT2D eigenvalue weighted by Gasteiger charge is 2.52. The van der Waals surface area contributed by atoms with E-state index in [4.69, 9.17) is 0 Å². The molecule has 0 nitrogen and oxygen atoms in total. The van der Waals surface area contributed by atoms with Crippen LogP contribution in [0, 0.1) is 5.92 Å². The summed E-state index contributed by atoms with van der Waals surface area (Å²) in [4.78, 5) is 0. The molecule has 3 aliphatic rings. The largest absolute Gasteiger partial charge is 0.0802 e. The summed E-state index contributed by atoms with van der Waals surface area (Å²) >= 11 is 0. The molecule has 2 unspecified atom stereocenters. The number of hydrogen-bond acceptors (Lipinski definition) is 0. The van der Waals surface area contributed by atoms with Gasteiger partial charge in [0.05, 0.1) is 0 Å². The lowest BCUT2D eigenvalue weighted by atomic mass is 9.89. The van der Waals surface area contributed by atoms with Crippen molar-refractivity contribution in [3.8, 4) is 11.1 Å². The first-order chi connectivity index (χ1) is 12.9. The molecular formula is C26H22. The van der Waals surface area contributed by atoms with E-state index < -0.39 is 0 Å². The van der Waals surface area contributed by atoms with E-state index in [1.807, 2.05) is 0 Å². The molecule has 0 amide bonds. The third-order valence-corrected chi connectivity index (χ3v) is 5.91. The van der Waals surface area contributed by atoms with Crippen LogP contribution in [0.25, 0.3) is 16.7 Å². The molecule has 5 rings (SSSR count). The van der Waals surface area contributed by atoms with Crippen molar-refractivity contribution in [2.75, 3.05) is 0 Å². The lowest BCUT2D eigenvalue weighted by Crippen LogP contribution is -2.07. The van der Waals surface area contributed by atoms with E-state index in [0.29, 0.717) is 5.92 Å². The summed E-state index contributed by atoms with van der Waals surface area (Å²) < 4.78 is 0. The average Bonchev–Trinajstić information content (AvgIpc) is 3.49. The molecule has 2 atom stereocenters. The van der Waals surface area contributed by atoms with Gasteiger partial charge in [0.25, 0.3) is 0 Å². The van der Waals surface area contributed by atoms with Crippen LogP contribution in [0.15, 0.2) is 103 Å². The second kappa shape index (κ2) is 6.14. The SMILES string of the molecule is C1=CC=C(c2ccc(-c3ccc(C45C=CC=CC4C5)cc3)cc2)CC=C1. The number of fused-ring (bicyclic) bond motifs is 1. The van der Waals surface area contributed by atoms with E-state index in [-0.39, 0.29) is 5.41 Å². The molecule has 2 aromatic rings.